The molecule has 0 aromatic carbocycles. The predicted molar refractivity (Wildman–Crippen MR) is 256 cm³/mol. The molecule has 0 heterocycles. The first-order valence-corrected chi connectivity index (χ1v) is 27.2. The van der Waals surface area contributed by atoms with E-state index in [2.05, 4.69) is 31.3 Å². The summed E-state index contributed by atoms with van der Waals surface area (Å²) in [5.41, 5.74) is 0. The summed E-state index contributed by atoms with van der Waals surface area (Å²) >= 11 is 0. The van der Waals surface area contributed by atoms with Gasteiger partial charge in [0.25, 0.3) is 7.82 Å². The van der Waals surface area contributed by atoms with Crippen LogP contribution in [0.4, 0.5) is 0 Å². The third kappa shape index (κ3) is 45.0. The third-order valence-electron chi connectivity index (χ3n) is 11.7. The number of likely N-dealkylation sites (N-methyl/N-ethyl adjacent to an activating group) is 1. The summed E-state index contributed by atoms with van der Waals surface area (Å²) in [6, 6.07) is -0.898. The number of hydrogen-bond donors (Lipinski definition) is 2. The second-order valence-electron chi connectivity index (χ2n) is 18.9. The normalized spacial score (nSPS) is 14.3. The van der Waals surface area contributed by atoms with Crippen LogP contribution >= 0.6 is 7.82 Å². The molecule has 0 aliphatic rings. The van der Waals surface area contributed by atoms with Gasteiger partial charge in [-0.15, -0.1) is 0 Å². The number of quaternary nitrogens is 1. The molecule has 9 heteroatoms. The van der Waals surface area contributed by atoms with Crippen molar-refractivity contribution in [2.75, 3.05) is 40.9 Å². The van der Waals surface area contributed by atoms with Gasteiger partial charge in [-0.25, -0.2) is 0 Å². The van der Waals surface area contributed by atoms with Gasteiger partial charge in [-0.1, -0.05) is 231 Å². The second-order valence-corrected chi connectivity index (χ2v) is 20.3. The maximum absolute atomic E-state index is 12.9. The second kappa shape index (κ2) is 43.2. The third-order valence-corrected chi connectivity index (χ3v) is 12.6. The molecule has 0 bridgehead atoms. The van der Waals surface area contributed by atoms with Crippen molar-refractivity contribution in [2.45, 2.75) is 257 Å². The van der Waals surface area contributed by atoms with Gasteiger partial charge in [0.05, 0.1) is 39.9 Å². The van der Waals surface area contributed by atoms with E-state index in [0.29, 0.717) is 17.4 Å². The van der Waals surface area contributed by atoms with Crippen LogP contribution in [0.2, 0.25) is 0 Å². The number of carbonyl (C=O) groups is 1. The molecule has 0 spiro atoms. The first-order valence-electron chi connectivity index (χ1n) is 25.7. The number of aliphatic hydroxyl groups excluding tert-OH is 1. The van der Waals surface area contributed by atoms with E-state index in [1.165, 1.54) is 186 Å². The number of nitrogens with zero attached hydrogens (tertiary/aromatic N) is 1. The fourth-order valence-corrected chi connectivity index (χ4v) is 8.30. The van der Waals surface area contributed by atoms with Gasteiger partial charge in [-0.2, -0.15) is 0 Å². The molecule has 0 fully saturated rings. The van der Waals surface area contributed by atoms with Crippen LogP contribution in [0.1, 0.15) is 245 Å². The summed E-state index contributed by atoms with van der Waals surface area (Å²) in [7, 11) is 1.25. The molecular formula is C51H101N2O6P. The highest BCUT2D eigenvalue weighted by atomic mass is 31.2. The topological polar surface area (TPSA) is 108 Å². The van der Waals surface area contributed by atoms with Crippen molar-refractivity contribution >= 4 is 13.7 Å². The minimum Gasteiger partial charge on any atom is -0.756 e. The maximum Gasteiger partial charge on any atom is 0.268 e. The molecule has 0 rings (SSSR count). The molecule has 0 aromatic heterocycles. The Morgan fingerprint density at radius 2 is 0.933 bits per heavy atom. The van der Waals surface area contributed by atoms with Gasteiger partial charge in [0.1, 0.15) is 13.2 Å². The van der Waals surface area contributed by atoms with Crippen LogP contribution in [-0.4, -0.2) is 68.5 Å². The van der Waals surface area contributed by atoms with Crippen molar-refractivity contribution in [3.63, 3.8) is 0 Å². The van der Waals surface area contributed by atoms with Crippen molar-refractivity contribution in [3.05, 3.63) is 24.3 Å². The standard InChI is InChI=1S/C51H101N2O6P/c1-6-8-10-12-14-16-18-20-22-23-24-25-26-27-28-29-31-33-35-37-39-41-43-45-51(55)52-49(48-59-60(56,57)58-47-46-53(3,4)5)50(54)44-42-40-38-36-34-32-30-21-19-17-15-13-11-9-7-2/h34,36,42,44,49-50,54H,6-33,35,37-41,43,45-48H2,1-5H3,(H-,52,55,56,57)/b36-34+,44-42+. The van der Waals surface area contributed by atoms with E-state index in [9.17, 15) is 19.4 Å². The Morgan fingerprint density at radius 3 is 1.35 bits per heavy atom. The fourth-order valence-electron chi connectivity index (χ4n) is 7.58. The van der Waals surface area contributed by atoms with Crippen molar-refractivity contribution in [3.8, 4) is 0 Å². The van der Waals surface area contributed by atoms with Crippen LogP contribution in [0, 0.1) is 0 Å². The Hall–Kier alpha value is -1.02. The smallest absolute Gasteiger partial charge is 0.268 e. The van der Waals surface area contributed by atoms with Gasteiger partial charge in [-0.05, 0) is 32.1 Å². The summed E-state index contributed by atoms with van der Waals surface area (Å²) in [5.74, 6) is -0.203. The molecule has 3 atom stereocenters. The van der Waals surface area contributed by atoms with Gasteiger partial charge in [-0.3, -0.25) is 9.36 Å². The highest BCUT2D eigenvalue weighted by Gasteiger charge is 2.23. The number of hydrogen-bond acceptors (Lipinski definition) is 6. The predicted octanol–water partition coefficient (Wildman–Crippen LogP) is 14.2. The summed E-state index contributed by atoms with van der Waals surface area (Å²) < 4.78 is 23.2. The van der Waals surface area contributed by atoms with E-state index in [0.717, 1.165) is 38.5 Å². The summed E-state index contributed by atoms with van der Waals surface area (Å²) in [6.07, 6.45) is 52.4. The molecule has 0 aliphatic heterocycles. The highest BCUT2D eigenvalue weighted by Crippen LogP contribution is 2.38. The molecular weight excluding hydrogens is 768 g/mol. The molecule has 2 N–H and O–H groups in total. The van der Waals surface area contributed by atoms with Crippen LogP contribution in [0.25, 0.3) is 0 Å². The molecule has 3 unspecified atom stereocenters. The number of carbonyl (C=O) groups excluding carboxylic acids is 1. The zero-order valence-electron chi connectivity index (χ0n) is 40.4. The average Bonchev–Trinajstić information content (AvgIpc) is 3.20. The van der Waals surface area contributed by atoms with Gasteiger partial charge in [0, 0.05) is 6.42 Å². The fraction of sp³-hybridized carbons (Fsp3) is 0.902. The molecule has 60 heavy (non-hydrogen) atoms. The SMILES string of the molecule is CCCCCCCCCCC/C=C/CC/C=C/C(O)C(COP(=O)([O-])OCC[N+](C)(C)C)NC(=O)CCCCCCCCCCCCCCCCCCCCCCCCC. The van der Waals surface area contributed by atoms with Gasteiger partial charge in [0.2, 0.25) is 5.91 Å². The van der Waals surface area contributed by atoms with Gasteiger partial charge < -0.3 is 28.8 Å². The molecule has 1 amide bonds. The molecule has 0 saturated heterocycles. The Labute approximate surface area is 373 Å². The van der Waals surface area contributed by atoms with Crippen molar-refractivity contribution in [1.82, 2.24) is 5.32 Å². The summed E-state index contributed by atoms with van der Waals surface area (Å²) in [5, 5.41) is 13.8. The first-order chi connectivity index (χ1) is 29.0. The number of phosphoric ester groups is 1. The number of allylic oxidation sites excluding steroid dienone is 3. The zero-order valence-corrected chi connectivity index (χ0v) is 41.3. The van der Waals surface area contributed by atoms with Crippen LogP contribution in [0.5, 0.6) is 0 Å². The lowest BCUT2D eigenvalue weighted by Gasteiger charge is -2.29. The van der Waals surface area contributed by atoms with Crippen LogP contribution in [0.15, 0.2) is 24.3 Å². The van der Waals surface area contributed by atoms with Crippen LogP contribution in [-0.2, 0) is 18.4 Å². The number of phosphoric acid groups is 1. The molecule has 356 valence electrons. The van der Waals surface area contributed by atoms with Crippen molar-refractivity contribution in [1.29, 1.82) is 0 Å². The Bertz CT molecular complexity index is 1030. The van der Waals surface area contributed by atoms with Gasteiger partial charge in [0.15, 0.2) is 0 Å². The number of unbranched alkanes of at least 4 members (excludes halogenated alkanes) is 32. The highest BCUT2D eigenvalue weighted by molar-refractivity contribution is 7.45. The van der Waals surface area contributed by atoms with Crippen molar-refractivity contribution < 1.29 is 32.9 Å². The monoisotopic (exact) mass is 869 g/mol. The Morgan fingerprint density at radius 1 is 0.567 bits per heavy atom. The van der Waals surface area contributed by atoms with Gasteiger partial charge >= 0.3 is 0 Å². The van der Waals surface area contributed by atoms with Crippen molar-refractivity contribution in [2.24, 2.45) is 0 Å². The van der Waals surface area contributed by atoms with Crippen LogP contribution < -0.4 is 10.2 Å². The largest absolute Gasteiger partial charge is 0.756 e. The zero-order chi connectivity index (χ0) is 44.3. The molecule has 0 aliphatic carbocycles. The van der Waals surface area contributed by atoms with E-state index in [1.807, 2.05) is 27.2 Å². The van der Waals surface area contributed by atoms with E-state index in [4.69, 9.17) is 9.05 Å². The van der Waals surface area contributed by atoms with E-state index in [1.54, 1.807) is 6.08 Å². The van der Waals surface area contributed by atoms with Crippen LogP contribution in [0.3, 0.4) is 0 Å². The Balaban J connectivity index is 4.25. The van der Waals surface area contributed by atoms with E-state index in [-0.39, 0.29) is 19.1 Å². The number of amides is 1. The summed E-state index contributed by atoms with van der Waals surface area (Å²) in [6.45, 7) is 4.65. The quantitative estimate of drug-likeness (QED) is 0.0273. The lowest BCUT2D eigenvalue weighted by Crippen LogP contribution is -2.45. The van der Waals surface area contributed by atoms with E-state index >= 15 is 0 Å². The van der Waals surface area contributed by atoms with E-state index < -0.39 is 20.0 Å². The Kier molecular flexibility index (Phi) is 42.5. The molecule has 0 aromatic rings. The minimum atomic E-state index is -4.59. The summed E-state index contributed by atoms with van der Waals surface area (Å²) in [4.78, 5) is 25.4. The lowest BCUT2D eigenvalue weighted by atomic mass is 10.0. The molecule has 0 radical (unpaired) electrons. The number of nitrogens with one attached hydrogen (secondary N) is 1. The molecule has 8 nitrogen and oxygen atoms in total. The molecule has 0 saturated carbocycles. The average molecular weight is 869 g/mol. The lowest BCUT2D eigenvalue weighted by molar-refractivity contribution is -0.870. The maximum atomic E-state index is 12.9. The number of rotatable bonds is 47. The number of aliphatic hydroxyl groups is 1. The first kappa shape index (κ1) is 59.0. The minimum absolute atomic E-state index is 0.00403.